The number of methoxy groups -OCH3 is 1. The topological polar surface area (TPSA) is 47.6 Å². The van der Waals surface area contributed by atoms with Crippen LogP contribution in [0.4, 0.5) is 5.69 Å². The van der Waals surface area contributed by atoms with Crippen molar-refractivity contribution in [1.29, 1.82) is 0 Å². The first-order chi connectivity index (χ1) is 14.1. The van der Waals surface area contributed by atoms with Gasteiger partial charge in [-0.15, -0.1) is 0 Å². The van der Waals surface area contributed by atoms with Crippen molar-refractivity contribution in [3.8, 4) is 5.75 Å². The SMILES string of the molecule is COc1ccccc1CC(C)CC(=O)Nc1cccc(CSC2CCOCC2)c1. The average molecular weight is 414 g/mol. The Kier molecular flexibility index (Phi) is 8.44. The first kappa shape index (κ1) is 21.7. The minimum absolute atomic E-state index is 0.0571. The summed E-state index contributed by atoms with van der Waals surface area (Å²) in [6, 6.07) is 16.2. The summed E-state index contributed by atoms with van der Waals surface area (Å²) < 4.78 is 10.8. The molecule has 1 atom stereocenters. The molecule has 0 spiro atoms. The van der Waals surface area contributed by atoms with Crippen LogP contribution >= 0.6 is 11.8 Å². The van der Waals surface area contributed by atoms with Crippen LogP contribution in [-0.4, -0.2) is 31.5 Å². The molecule has 1 unspecified atom stereocenters. The summed E-state index contributed by atoms with van der Waals surface area (Å²) in [5, 5.41) is 3.74. The normalized spacial score (nSPS) is 15.7. The van der Waals surface area contributed by atoms with Gasteiger partial charge in [0.1, 0.15) is 5.75 Å². The smallest absolute Gasteiger partial charge is 0.224 e. The third-order valence-corrected chi connectivity index (χ3v) is 6.60. The Balaban J connectivity index is 1.48. The lowest BCUT2D eigenvalue weighted by molar-refractivity contribution is -0.116. The minimum atomic E-state index is 0.0571. The van der Waals surface area contributed by atoms with Gasteiger partial charge in [0.05, 0.1) is 7.11 Å². The van der Waals surface area contributed by atoms with Gasteiger partial charge in [0.25, 0.3) is 0 Å². The second kappa shape index (κ2) is 11.3. The molecule has 1 N–H and O–H groups in total. The van der Waals surface area contributed by atoms with E-state index in [1.54, 1.807) is 7.11 Å². The summed E-state index contributed by atoms with van der Waals surface area (Å²) in [6.45, 7) is 3.86. The Bertz CT molecular complexity index is 789. The summed E-state index contributed by atoms with van der Waals surface area (Å²) >= 11 is 1.99. The van der Waals surface area contributed by atoms with E-state index in [9.17, 15) is 4.79 Å². The van der Waals surface area contributed by atoms with Gasteiger partial charge in [-0.05, 0) is 54.5 Å². The first-order valence-electron chi connectivity index (χ1n) is 10.3. The van der Waals surface area contributed by atoms with Gasteiger partial charge in [0.15, 0.2) is 0 Å². The predicted octanol–water partition coefficient (Wildman–Crippen LogP) is 5.31. The highest BCUT2D eigenvalue weighted by atomic mass is 32.2. The number of benzene rings is 2. The van der Waals surface area contributed by atoms with E-state index < -0.39 is 0 Å². The van der Waals surface area contributed by atoms with Crippen molar-refractivity contribution in [2.45, 2.75) is 43.6 Å². The zero-order chi connectivity index (χ0) is 20.5. The Labute approximate surface area is 178 Å². The van der Waals surface area contributed by atoms with Gasteiger partial charge in [-0.3, -0.25) is 4.79 Å². The summed E-state index contributed by atoms with van der Waals surface area (Å²) in [6.07, 6.45) is 3.56. The van der Waals surface area contributed by atoms with Gasteiger partial charge in [-0.25, -0.2) is 0 Å². The van der Waals surface area contributed by atoms with Crippen LogP contribution < -0.4 is 10.1 Å². The molecule has 0 aliphatic carbocycles. The maximum Gasteiger partial charge on any atom is 0.224 e. The molecule has 0 aromatic heterocycles. The van der Waals surface area contributed by atoms with E-state index in [1.165, 1.54) is 5.56 Å². The number of rotatable bonds is 9. The van der Waals surface area contributed by atoms with Crippen LogP contribution in [0.2, 0.25) is 0 Å². The van der Waals surface area contributed by atoms with E-state index in [-0.39, 0.29) is 11.8 Å². The number of amides is 1. The number of ether oxygens (including phenoxy) is 2. The summed E-state index contributed by atoms with van der Waals surface area (Å²) in [5.41, 5.74) is 3.27. The Hall–Kier alpha value is -1.98. The van der Waals surface area contributed by atoms with E-state index in [2.05, 4.69) is 30.4 Å². The van der Waals surface area contributed by atoms with Crippen molar-refractivity contribution in [3.63, 3.8) is 0 Å². The first-order valence-corrected chi connectivity index (χ1v) is 11.4. The van der Waals surface area contributed by atoms with Gasteiger partial charge in [0.2, 0.25) is 5.91 Å². The number of hydrogen-bond donors (Lipinski definition) is 1. The van der Waals surface area contributed by atoms with Gasteiger partial charge >= 0.3 is 0 Å². The highest BCUT2D eigenvalue weighted by molar-refractivity contribution is 7.99. The fourth-order valence-corrected chi connectivity index (χ4v) is 4.78. The van der Waals surface area contributed by atoms with Gasteiger partial charge in [0, 0.05) is 36.3 Å². The highest BCUT2D eigenvalue weighted by Gasteiger charge is 2.15. The molecule has 5 heteroatoms. The molecule has 1 aliphatic heterocycles. The molecule has 0 bridgehead atoms. The van der Waals surface area contributed by atoms with E-state index in [0.717, 1.165) is 55.2 Å². The van der Waals surface area contributed by atoms with Crippen molar-refractivity contribution in [2.75, 3.05) is 25.6 Å². The third-order valence-electron chi connectivity index (χ3n) is 5.16. The monoisotopic (exact) mass is 413 g/mol. The summed E-state index contributed by atoms with van der Waals surface area (Å²) in [4.78, 5) is 12.5. The van der Waals surface area contributed by atoms with Crippen molar-refractivity contribution >= 4 is 23.4 Å². The fourth-order valence-electron chi connectivity index (χ4n) is 3.64. The van der Waals surface area contributed by atoms with Crippen LogP contribution in [0.25, 0.3) is 0 Å². The molecule has 0 saturated carbocycles. The van der Waals surface area contributed by atoms with Gasteiger partial charge in [-0.1, -0.05) is 37.3 Å². The Morgan fingerprint density at radius 2 is 2.00 bits per heavy atom. The second-order valence-corrected chi connectivity index (χ2v) is 8.99. The number of para-hydroxylation sites is 1. The lowest BCUT2D eigenvalue weighted by Crippen LogP contribution is -2.17. The van der Waals surface area contributed by atoms with E-state index in [1.807, 2.05) is 42.1 Å². The number of thioether (sulfide) groups is 1. The van der Waals surface area contributed by atoms with Gasteiger partial charge < -0.3 is 14.8 Å². The maximum absolute atomic E-state index is 12.5. The predicted molar refractivity (Wildman–Crippen MR) is 121 cm³/mol. The van der Waals surface area contributed by atoms with Gasteiger partial charge in [-0.2, -0.15) is 11.8 Å². The summed E-state index contributed by atoms with van der Waals surface area (Å²) in [7, 11) is 1.68. The molecule has 1 amide bonds. The molecule has 1 fully saturated rings. The zero-order valence-electron chi connectivity index (χ0n) is 17.4. The van der Waals surface area contributed by atoms with Crippen LogP contribution in [0.5, 0.6) is 5.75 Å². The molecule has 0 radical (unpaired) electrons. The molecule has 1 heterocycles. The van der Waals surface area contributed by atoms with Crippen molar-refractivity contribution in [3.05, 3.63) is 59.7 Å². The Morgan fingerprint density at radius 3 is 2.79 bits per heavy atom. The zero-order valence-corrected chi connectivity index (χ0v) is 18.2. The number of anilines is 1. The quantitative estimate of drug-likeness (QED) is 0.605. The van der Waals surface area contributed by atoms with Crippen LogP contribution in [0, 0.1) is 5.92 Å². The molecular formula is C24H31NO3S. The third kappa shape index (κ3) is 7.09. The second-order valence-electron chi connectivity index (χ2n) is 7.70. The number of carbonyl (C=O) groups excluding carboxylic acids is 1. The number of carbonyl (C=O) groups is 1. The van der Waals surface area contributed by atoms with Crippen molar-refractivity contribution in [2.24, 2.45) is 5.92 Å². The Morgan fingerprint density at radius 1 is 1.21 bits per heavy atom. The average Bonchev–Trinajstić information content (AvgIpc) is 2.73. The molecule has 1 saturated heterocycles. The van der Waals surface area contributed by atoms with Crippen LogP contribution in [0.15, 0.2) is 48.5 Å². The maximum atomic E-state index is 12.5. The van der Waals surface area contributed by atoms with E-state index >= 15 is 0 Å². The van der Waals surface area contributed by atoms with E-state index in [0.29, 0.717) is 11.7 Å². The molecule has 29 heavy (non-hydrogen) atoms. The molecular weight excluding hydrogens is 382 g/mol. The molecule has 3 rings (SSSR count). The molecule has 2 aromatic carbocycles. The van der Waals surface area contributed by atoms with Crippen molar-refractivity contribution < 1.29 is 14.3 Å². The minimum Gasteiger partial charge on any atom is -0.496 e. The van der Waals surface area contributed by atoms with Crippen LogP contribution in [-0.2, 0) is 21.7 Å². The number of hydrogen-bond acceptors (Lipinski definition) is 4. The molecule has 4 nitrogen and oxygen atoms in total. The highest BCUT2D eigenvalue weighted by Crippen LogP contribution is 2.27. The van der Waals surface area contributed by atoms with E-state index in [4.69, 9.17) is 9.47 Å². The standard InChI is InChI=1S/C24H31NO3S/c1-18(14-20-7-3-4-9-23(20)27-2)15-24(26)25-21-8-5-6-19(16-21)17-29-22-10-12-28-13-11-22/h3-9,16,18,22H,10-15,17H2,1-2H3,(H,25,26). The lowest BCUT2D eigenvalue weighted by Gasteiger charge is -2.21. The molecule has 1 aliphatic rings. The largest absolute Gasteiger partial charge is 0.496 e. The van der Waals surface area contributed by atoms with Crippen LogP contribution in [0.3, 0.4) is 0 Å². The van der Waals surface area contributed by atoms with Crippen molar-refractivity contribution in [1.82, 2.24) is 0 Å². The van der Waals surface area contributed by atoms with Crippen LogP contribution in [0.1, 0.15) is 37.3 Å². The fraction of sp³-hybridized carbons (Fsp3) is 0.458. The summed E-state index contributed by atoms with van der Waals surface area (Å²) in [5.74, 6) is 2.15. The molecule has 156 valence electrons. The lowest BCUT2D eigenvalue weighted by atomic mass is 9.97. The number of nitrogens with one attached hydrogen (secondary N) is 1. The molecule has 2 aromatic rings.